The second-order valence-corrected chi connectivity index (χ2v) is 6.62. The molecule has 1 amide bonds. The predicted molar refractivity (Wildman–Crippen MR) is 81.0 cm³/mol. The Morgan fingerprint density at radius 3 is 2.67 bits per heavy atom. The maximum absolute atomic E-state index is 12.8. The Morgan fingerprint density at radius 1 is 1.29 bits per heavy atom. The smallest absolute Gasteiger partial charge is 0.308 e. The number of nitrogens with one attached hydrogen (secondary N) is 2. The Kier molecular flexibility index (Phi) is 5.62. The first-order valence-corrected chi connectivity index (χ1v) is 8.33. The van der Waals surface area contributed by atoms with E-state index in [0.29, 0.717) is 6.42 Å². The molecule has 0 spiro atoms. The normalized spacial score (nSPS) is 33.4. The van der Waals surface area contributed by atoms with Gasteiger partial charge in [0.05, 0.1) is 11.3 Å². The maximum atomic E-state index is 12.8. The summed E-state index contributed by atoms with van der Waals surface area (Å²) < 4.78 is 0. The van der Waals surface area contributed by atoms with Gasteiger partial charge < -0.3 is 15.7 Å². The van der Waals surface area contributed by atoms with Crippen molar-refractivity contribution >= 4 is 11.9 Å². The van der Waals surface area contributed by atoms with Gasteiger partial charge in [-0.2, -0.15) is 0 Å². The summed E-state index contributed by atoms with van der Waals surface area (Å²) in [6.45, 7) is 3.79. The first-order valence-electron chi connectivity index (χ1n) is 8.33. The van der Waals surface area contributed by atoms with E-state index in [0.717, 1.165) is 58.0 Å². The zero-order chi connectivity index (χ0) is 15.3. The van der Waals surface area contributed by atoms with Crippen LogP contribution in [0.3, 0.4) is 0 Å². The number of hydrogen-bond donors (Lipinski definition) is 3. The summed E-state index contributed by atoms with van der Waals surface area (Å²) in [5, 5.41) is 15.8. The molecule has 1 heterocycles. The highest BCUT2D eigenvalue weighted by Gasteiger charge is 2.41. The van der Waals surface area contributed by atoms with Crippen molar-refractivity contribution in [2.45, 2.75) is 64.3 Å². The standard InChI is InChI=1S/C16H28N2O3/c1-2-8-16(9-5-10-17-11-16)15(21)18-13-7-4-3-6-12(13)14(19)20/h12-13,17H,2-11H2,1H3,(H,18,21)(H,19,20). The van der Waals surface area contributed by atoms with Crippen LogP contribution < -0.4 is 10.6 Å². The summed E-state index contributed by atoms with van der Waals surface area (Å²) in [5.41, 5.74) is -0.340. The van der Waals surface area contributed by atoms with Gasteiger partial charge in [0, 0.05) is 12.6 Å². The predicted octanol–water partition coefficient (Wildman–Crippen LogP) is 1.92. The molecular formula is C16H28N2O3. The first kappa shape index (κ1) is 16.3. The summed E-state index contributed by atoms with van der Waals surface area (Å²) >= 11 is 0. The van der Waals surface area contributed by atoms with Crippen molar-refractivity contribution in [3.8, 4) is 0 Å². The molecule has 1 aliphatic heterocycles. The Morgan fingerprint density at radius 2 is 2.05 bits per heavy atom. The van der Waals surface area contributed by atoms with E-state index in [1.54, 1.807) is 0 Å². The fraction of sp³-hybridized carbons (Fsp3) is 0.875. The van der Waals surface area contributed by atoms with Gasteiger partial charge in [0.25, 0.3) is 0 Å². The summed E-state index contributed by atoms with van der Waals surface area (Å²) in [6.07, 6.45) is 7.19. The van der Waals surface area contributed by atoms with Gasteiger partial charge in [-0.25, -0.2) is 0 Å². The summed E-state index contributed by atoms with van der Waals surface area (Å²) in [5.74, 6) is -1.13. The molecule has 2 aliphatic rings. The molecule has 0 aromatic rings. The van der Waals surface area contributed by atoms with E-state index < -0.39 is 11.9 Å². The van der Waals surface area contributed by atoms with Gasteiger partial charge in [0.1, 0.15) is 0 Å². The highest BCUT2D eigenvalue weighted by Crippen LogP contribution is 2.33. The molecule has 1 saturated carbocycles. The van der Waals surface area contributed by atoms with Gasteiger partial charge in [0.15, 0.2) is 0 Å². The van der Waals surface area contributed by atoms with Crippen LogP contribution in [0.2, 0.25) is 0 Å². The van der Waals surface area contributed by atoms with Crippen molar-refractivity contribution in [2.75, 3.05) is 13.1 Å². The number of carbonyl (C=O) groups is 2. The fourth-order valence-corrected chi connectivity index (χ4v) is 3.89. The zero-order valence-corrected chi connectivity index (χ0v) is 13.0. The van der Waals surface area contributed by atoms with Crippen LogP contribution in [0, 0.1) is 11.3 Å². The van der Waals surface area contributed by atoms with Crippen molar-refractivity contribution in [3.05, 3.63) is 0 Å². The number of piperidine rings is 1. The average molecular weight is 296 g/mol. The molecule has 3 N–H and O–H groups in total. The van der Waals surface area contributed by atoms with Gasteiger partial charge in [-0.1, -0.05) is 26.2 Å². The summed E-state index contributed by atoms with van der Waals surface area (Å²) in [4.78, 5) is 24.2. The van der Waals surface area contributed by atoms with Crippen LogP contribution in [0.25, 0.3) is 0 Å². The number of carboxylic acids is 1. The third kappa shape index (κ3) is 3.76. The molecule has 3 unspecified atom stereocenters. The highest BCUT2D eigenvalue weighted by atomic mass is 16.4. The lowest BCUT2D eigenvalue weighted by Gasteiger charge is -2.39. The molecule has 21 heavy (non-hydrogen) atoms. The number of amides is 1. The lowest BCUT2D eigenvalue weighted by atomic mass is 9.75. The van der Waals surface area contributed by atoms with Crippen LogP contribution in [0.15, 0.2) is 0 Å². The van der Waals surface area contributed by atoms with Crippen molar-refractivity contribution in [2.24, 2.45) is 11.3 Å². The average Bonchev–Trinajstić information content (AvgIpc) is 2.49. The number of hydrogen-bond acceptors (Lipinski definition) is 3. The maximum Gasteiger partial charge on any atom is 0.308 e. The summed E-state index contributed by atoms with van der Waals surface area (Å²) in [7, 11) is 0. The molecule has 0 radical (unpaired) electrons. The van der Waals surface area contributed by atoms with Crippen molar-refractivity contribution in [3.63, 3.8) is 0 Å². The van der Waals surface area contributed by atoms with Crippen LogP contribution in [0.4, 0.5) is 0 Å². The number of aliphatic carboxylic acids is 1. The van der Waals surface area contributed by atoms with Gasteiger partial charge in [0.2, 0.25) is 5.91 Å². The molecule has 2 rings (SSSR count). The minimum Gasteiger partial charge on any atom is -0.481 e. The molecule has 0 aromatic carbocycles. The number of rotatable bonds is 5. The lowest BCUT2D eigenvalue weighted by Crippen LogP contribution is -2.55. The minimum absolute atomic E-state index is 0.0645. The van der Waals surface area contributed by atoms with E-state index in [1.807, 2.05) is 0 Å². The molecule has 5 nitrogen and oxygen atoms in total. The van der Waals surface area contributed by atoms with E-state index in [-0.39, 0.29) is 17.4 Å². The number of carboxylic acid groups (broad SMARTS) is 1. The molecule has 1 saturated heterocycles. The third-order valence-corrected chi connectivity index (χ3v) is 5.08. The van der Waals surface area contributed by atoms with E-state index in [1.165, 1.54) is 0 Å². The Hall–Kier alpha value is -1.10. The van der Waals surface area contributed by atoms with E-state index >= 15 is 0 Å². The Bertz CT molecular complexity index is 372. The van der Waals surface area contributed by atoms with Gasteiger partial charge >= 0.3 is 5.97 Å². The second-order valence-electron chi connectivity index (χ2n) is 6.62. The van der Waals surface area contributed by atoms with Gasteiger partial charge in [-0.05, 0) is 38.6 Å². The van der Waals surface area contributed by atoms with Gasteiger partial charge in [-0.15, -0.1) is 0 Å². The molecule has 3 atom stereocenters. The molecule has 2 fully saturated rings. The second kappa shape index (κ2) is 7.25. The first-order chi connectivity index (χ1) is 10.1. The van der Waals surface area contributed by atoms with E-state index in [9.17, 15) is 14.7 Å². The van der Waals surface area contributed by atoms with Crippen LogP contribution >= 0.6 is 0 Å². The Labute approximate surface area is 126 Å². The molecule has 1 aliphatic carbocycles. The van der Waals surface area contributed by atoms with Crippen LogP contribution in [-0.4, -0.2) is 36.1 Å². The van der Waals surface area contributed by atoms with Crippen LogP contribution in [0.5, 0.6) is 0 Å². The molecule has 120 valence electrons. The van der Waals surface area contributed by atoms with Crippen molar-refractivity contribution < 1.29 is 14.7 Å². The monoisotopic (exact) mass is 296 g/mol. The van der Waals surface area contributed by atoms with Gasteiger partial charge in [-0.3, -0.25) is 9.59 Å². The van der Waals surface area contributed by atoms with E-state index in [4.69, 9.17) is 0 Å². The minimum atomic E-state index is -0.772. The molecule has 0 bridgehead atoms. The SMILES string of the molecule is CCCC1(C(=O)NC2CCCCC2C(=O)O)CCCNC1. The molecule has 0 aromatic heterocycles. The molecule has 5 heteroatoms. The lowest BCUT2D eigenvalue weighted by molar-refractivity contribution is -0.145. The van der Waals surface area contributed by atoms with Crippen molar-refractivity contribution in [1.82, 2.24) is 10.6 Å². The molecular weight excluding hydrogens is 268 g/mol. The zero-order valence-electron chi connectivity index (χ0n) is 13.0. The topological polar surface area (TPSA) is 78.4 Å². The largest absolute Gasteiger partial charge is 0.481 e. The van der Waals surface area contributed by atoms with Crippen LogP contribution in [0.1, 0.15) is 58.3 Å². The third-order valence-electron chi connectivity index (χ3n) is 5.08. The Balaban J connectivity index is 2.04. The van der Waals surface area contributed by atoms with Crippen LogP contribution in [-0.2, 0) is 9.59 Å². The quantitative estimate of drug-likeness (QED) is 0.724. The number of carbonyl (C=O) groups excluding carboxylic acids is 1. The van der Waals surface area contributed by atoms with Crippen molar-refractivity contribution in [1.29, 1.82) is 0 Å². The van der Waals surface area contributed by atoms with E-state index in [2.05, 4.69) is 17.6 Å². The fourth-order valence-electron chi connectivity index (χ4n) is 3.89. The highest BCUT2D eigenvalue weighted by molar-refractivity contribution is 5.84. The summed E-state index contributed by atoms with van der Waals surface area (Å²) in [6, 6.07) is -0.195.